The Kier molecular flexibility index (Phi) is 20.4. The molecule has 0 atom stereocenters. The molecule has 4 aromatic carbocycles. The molecular weight excluding hydrogens is 944 g/mol. The molecule has 21 heteroatoms. The first-order valence-corrected chi connectivity index (χ1v) is 25.6. The maximum atomic E-state index is 13.4. The summed E-state index contributed by atoms with van der Waals surface area (Å²) in [6.45, 7) is 2.22. The Bertz CT molecular complexity index is 2400. The number of carbonyl (C=O) groups is 2. The number of piperidine rings is 2. The normalized spacial score (nSPS) is 16.0. The number of hydroxylamine groups is 2. The van der Waals surface area contributed by atoms with Crippen molar-refractivity contribution in [2.75, 3.05) is 45.5 Å². The van der Waals surface area contributed by atoms with Crippen LogP contribution in [0, 0.1) is 24.7 Å². The van der Waals surface area contributed by atoms with Crippen LogP contribution in [0.2, 0.25) is 0 Å². The lowest BCUT2D eigenvalue weighted by atomic mass is 9.95. The Hall–Kier alpha value is -4.42. The molecule has 344 valence electrons. The number of benzene rings is 4. The summed E-state index contributed by atoms with van der Waals surface area (Å²) in [5.74, 6) is 3.25. The van der Waals surface area contributed by atoms with Crippen molar-refractivity contribution < 1.29 is 49.8 Å². The van der Waals surface area contributed by atoms with Crippen LogP contribution in [0.25, 0.3) is 0 Å². The maximum Gasteiger partial charge on any atom is 0.265 e. The lowest BCUT2D eigenvalue weighted by Gasteiger charge is -2.38. The largest absolute Gasteiger partial charge is 0.292 e. The van der Waals surface area contributed by atoms with Gasteiger partial charge in [0.25, 0.3) is 21.9 Å². The Morgan fingerprint density at radius 1 is 0.578 bits per heavy atom. The molecule has 4 aromatic rings. The van der Waals surface area contributed by atoms with Gasteiger partial charge in [0.15, 0.2) is 29.2 Å². The van der Waals surface area contributed by atoms with Crippen LogP contribution in [-0.2, 0) is 39.4 Å². The van der Waals surface area contributed by atoms with Gasteiger partial charge in [0, 0.05) is 45.8 Å². The molecule has 0 saturated carbocycles. The molecule has 2 saturated heterocycles. The number of sulfone groups is 2. The predicted octanol–water partition coefficient (Wildman–Crippen LogP) is 5.10. The van der Waals surface area contributed by atoms with Crippen LogP contribution in [0.1, 0.15) is 25.7 Å². The number of hydrogen-bond donors (Lipinski definition) is 5. The third-order valence-electron chi connectivity index (χ3n) is 10.2. The van der Waals surface area contributed by atoms with Gasteiger partial charge >= 0.3 is 0 Å². The number of terminal acetylenes is 2. The summed E-state index contributed by atoms with van der Waals surface area (Å²) in [4.78, 5) is 32.8. The quantitative estimate of drug-likeness (QED) is 0.0539. The van der Waals surface area contributed by atoms with Gasteiger partial charge < -0.3 is 0 Å². The van der Waals surface area contributed by atoms with Crippen molar-refractivity contribution in [1.82, 2.24) is 20.8 Å². The van der Waals surface area contributed by atoms with Gasteiger partial charge in [0.05, 0.1) is 29.1 Å². The Labute approximate surface area is 389 Å². The zero-order chi connectivity index (χ0) is 46.3. The second-order valence-corrected chi connectivity index (χ2v) is 22.6. The standard InChI is InChI=1S/2C21H22N2O4S2.CH4O3S.ClH/c2*1-2-14-23-15-12-21(13-16-23,20(24)22-25)29(26,27)19-10-8-18(9-11-19)28-17-6-4-3-5-7-17;1-5(2,3)4;/h2*1,3-11,25H,12-16H2,(H,22,24);1H3,(H,2,3,4);1H. The van der Waals surface area contributed by atoms with Gasteiger partial charge in [0.2, 0.25) is 0 Å². The first-order valence-electron chi connectivity index (χ1n) is 19.1. The van der Waals surface area contributed by atoms with Crippen molar-refractivity contribution in [3.63, 3.8) is 0 Å². The number of nitrogens with one attached hydrogen (secondary N) is 2. The minimum atomic E-state index is -4.02. The third kappa shape index (κ3) is 13.8. The minimum absolute atomic E-state index is 0. The molecule has 5 N–H and O–H groups in total. The summed E-state index contributed by atoms with van der Waals surface area (Å²) in [6.07, 6.45) is 11.6. The van der Waals surface area contributed by atoms with E-state index < -0.39 is 51.1 Å². The van der Waals surface area contributed by atoms with Crippen molar-refractivity contribution in [1.29, 1.82) is 0 Å². The first-order chi connectivity index (χ1) is 29.9. The van der Waals surface area contributed by atoms with E-state index in [-0.39, 0.29) is 47.9 Å². The van der Waals surface area contributed by atoms with Gasteiger partial charge in [-0.3, -0.25) is 34.4 Å². The number of amides is 2. The van der Waals surface area contributed by atoms with Crippen LogP contribution in [0.15, 0.2) is 139 Å². The number of rotatable bonds is 12. The van der Waals surface area contributed by atoms with Crippen LogP contribution in [0.4, 0.5) is 0 Å². The van der Waals surface area contributed by atoms with Gasteiger partial charge in [-0.05, 0) is 98.5 Å². The zero-order valence-corrected chi connectivity index (χ0v) is 39.5. The van der Waals surface area contributed by atoms with Gasteiger partial charge in [0.1, 0.15) is 0 Å². The third-order valence-corrected chi connectivity index (χ3v) is 17.3. The molecule has 2 amide bonds. The zero-order valence-electron chi connectivity index (χ0n) is 34.6. The highest BCUT2D eigenvalue weighted by Gasteiger charge is 2.54. The van der Waals surface area contributed by atoms with Crippen LogP contribution >= 0.6 is 35.9 Å². The number of carbonyl (C=O) groups excluding carboxylic acids is 2. The highest BCUT2D eigenvalue weighted by atomic mass is 35.5. The van der Waals surface area contributed by atoms with E-state index in [4.69, 9.17) is 17.4 Å². The van der Waals surface area contributed by atoms with E-state index in [1.807, 2.05) is 70.5 Å². The minimum Gasteiger partial charge on any atom is -0.292 e. The first kappa shape index (κ1) is 53.9. The molecule has 0 aliphatic carbocycles. The molecule has 0 bridgehead atoms. The van der Waals surface area contributed by atoms with Crippen molar-refractivity contribution in [2.45, 2.75) is 64.6 Å². The molecule has 2 aliphatic rings. The van der Waals surface area contributed by atoms with E-state index >= 15 is 0 Å². The van der Waals surface area contributed by atoms with Crippen molar-refractivity contribution in [3.8, 4) is 24.7 Å². The lowest BCUT2D eigenvalue weighted by molar-refractivity contribution is -0.133. The average molecular weight is 994 g/mol. The average Bonchev–Trinajstić information content (AvgIpc) is 3.27. The summed E-state index contributed by atoms with van der Waals surface area (Å²) >= 11 is 3.04. The molecule has 0 spiro atoms. The second-order valence-electron chi connectivity index (χ2n) is 14.3. The molecule has 6 rings (SSSR count). The maximum absolute atomic E-state index is 13.4. The number of likely N-dealkylation sites (tertiary alicyclic amines) is 2. The Balaban J connectivity index is 0.000000303. The van der Waals surface area contributed by atoms with Gasteiger partial charge in [-0.2, -0.15) is 8.42 Å². The van der Waals surface area contributed by atoms with Crippen molar-refractivity contribution in [3.05, 3.63) is 109 Å². The van der Waals surface area contributed by atoms with Crippen LogP contribution in [0.3, 0.4) is 0 Å². The SMILES string of the molecule is C#CCN1CCC(C(=O)NO)(S(=O)(=O)c2ccc(Sc3ccccc3)cc2)CC1.C#CCN1CCC(C(=O)NO)(S(=O)(=O)c2ccc(Sc3ccccc3)cc2)CC1.CS(=O)(=O)O.Cl. The van der Waals surface area contributed by atoms with Crippen molar-refractivity contribution >= 4 is 77.5 Å². The fourth-order valence-corrected chi connectivity index (χ4v) is 12.5. The highest BCUT2D eigenvalue weighted by Crippen LogP contribution is 2.39. The number of nitrogens with zero attached hydrogens (tertiary/aromatic N) is 2. The Morgan fingerprint density at radius 3 is 1.09 bits per heavy atom. The van der Waals surface area contributed by atoms with Crippen LogP contribution in [-0.4, -0.2) is 117 Å². The van der Waals surface area contributed by atoms with E-state index in [1.54, 1.807) is 35.2 Å². The molecule has 2 heterocycles. The van der Waals surface area contributed by atoms with E-state index in [9.17, 15) is 45.3 Å². The molecule has 0 radical (unpaired) electrons. The molecule has 15 nitrogen and oxygen atoms in total. The molecule has 0 aromatic heterocycles. The van der Waals surface area contributed by atoms with Crippen LogP contribution < -0.4 is 11.0 Å². The monoisotopic (exact) mass is 992 g/mol. The summed E-state index contributed by atoms with van der Waals surface area (Å²) in [5, 5.41) is 18.5. The van der Waals surface area contributed by atoms with Gasteiger partial charge in [-0.1, -0.05) is 71.8 Å². The topological polar surface area (TPSA) is 228 Å². The number of halogens is 1. The molecular formula is C43H49ClN4O11S5. The van der Waals surface area contributed by atoms with E-state index in [2.05, 4.69) is 11.8 Å². The van der Waals surface area contributed by atoms with E-state index in [1.165, 1.54) is 47.8 Å². The van der Waals surface area contributed by atoms with Gasteiger partial charge in [-0.15, -0.1) is 25.3 Å². The molecule has 64 heavy (non-hydrogen) atoms. The van der Waals surface area contributed by atoms with E-state index in [0.717, 1.165) is 19.6 Å². The second kappa shape index (κ2) is 24.2. The summed E-state index contributed by atoms with van der Waals surface area (Å²) < 4.78 is 76.0. The smallest absolute Gasteiger partial charge is 0.265 e. The summed E-state index contributed by atoms with van der Waals surface area (Å²) in [7, 11) is -11.7. The van der Waals surface area contributed by atoms with Crippen LogP contribution in [0.5, 0.6) is 0 Å². The summed E-state index contributed by atoms with van der Waals surface area (Å²) in [6, 6.07) is 32.4. The fraction of sp³-hybridized carbons (Fsp3) is 0.302. The highest BCUT2D eigenvalue weighted by molar-refractivity contribution is 7.99. The predicted molar refractivity (Wildman–Crippen MR) is 247 cm³/mol. The molecule has 2 fully saturated rings. The fourth-order valence-electron chi connectivity index (χ4n) is 6.92. The molecule has 0 unspecified atom stereocenters. The number of hydrogen-bond acceptors (Lipinski definition) is 14. The Morgan fingerprint density at radius 2 is 0.844 bits per heavy atom. The van der Waals surface area contributed by atoms with E-state index in [0.29, 0.717) is 45.5 Å². The van der Waals surface area contributed by atoms with Gasteiger partial charge in [-0.25, -0.2) is 27.8 Å². The van der Waals surface area contributed by atoms with Crippen molar-refractivity contribution in [2.24, 2.45) is 0 Å². The summed E-state index contributed by atoms with van der Waals surface area (Å²) in [5.41, 5.74) is 3.12. The molecule has 2 aliphatic heterocycles. The lowest BCUT2D eigenvalue weighted by Crippen LogP contribution is -2.57.